The predicted molar refractivity (Wildman–Crippen MR) is 131 cm³/mol. The zero-order valence-electron chi connectivity index (χ0n) is 18.3. The Balaban J connectivity index is 0.00000259. The van der Waals surface area contributed by atoms with E-state index in [1.807, 2.05) is 12.1 Å². The summed E-state index contributed by atoms with van der Waals surface area (Å²) in [6.45, 7) is 0.465. The maximum absolute atomic E-state index is 13.4. The maximum Gasteiger partial charge on any atom is 0.272 e. The minimum atomic E-state index is -3.05. The number of amides is 1. The maximum atomic E-state index is 13.4. The van der Waals surface area contributed by atoms with E-state index in [0.717, 1.165) is 42.6 Å². The molecule has 10 heteroatoms. The van der Waals surface area contributed by atoms with Crippen LogP contribution in [0.25, 0.3) is 0 Å². The number of hydrogen-bond donors (Lipinski definition) is 1. The van der Waals surface area contributed by atoms with Gasteiger partial charge in [0.15, 0.2) is 9.84 Å². The summed E-state index contributed by atoms with van der Waals surface area (Å²) in [4.78, 5) is 19.6. The Morgan fingerprint density at radius 3 is 2.39 bits per heavy atom. The Hall–Kier alpha value is -2.03. The second-order valence-corrected chi connectivity index (χ2v) is 11.5. The highest BCUT2D eigenvalue weighted by atomic mass is 35.5. The Morgan fingerprint density at radius 2 is 1.76 bits per heavy atom. The molecule has 7 nitrogen and oxygen atoms in total. The van der Waals surface area contributed by atoms with Crippen LogP contribution in [0.3, 0.4) is 0 Å². The first-order chi connectivity index (χ1) is 15.4. The first kappa shape index (κ1) is 24.1. The average molecular weight is 512 g/mol. The predicted octanol–water partition coefficient (Wildman–Crippen LogP) is 4.53. The van der Waals surface area contributed by atoms with Crippen LogP contribution >= 0.6 is 24.0 Å². The molecule has 33 heavy (non-hydrogen) atoms. The number of carbonyl (C=O) groups is 1. The van der Waals surface area contributed by atoms with E-state index in [2.05, 4.69) is 10.3 Å². The fourth-order valence-electron chi connectivity index (χ4n) is 5.29. The standard InChI is InChI=1S/C23H26ClN3O4S.ClH/c1-31-19-12-16(6-7-17(19)24)26-18-13-25-22(21-15-4-2-14(3-5-15)20(18)21)23(28)27-8-10-32(29,30)11-9-27;/h6-7,12-15,26H,2-5,8-11H2,1H3;1H. The number of methoxy groups -OCH3 is 1. The Morgan fingerprint density at radius 1 is 1.12 bits per heavy atom. The van der Waals surface area contributed by atoms with Crippen molar-refractivity contribution in [3.63, 3.8) is 0 Å². The normalized spacial score (nSPS) is 22.8. The van der Waals surface area contributed by atoms with Gasteiger partial charge in [-0.3, -0.25) is 4.79 Å². The van der Waals surface area contributed by atoms with Gasteiger partial charge in [-0.15, -0.1) is 12.4 Å². The number of anilines is 2. The van der Waals surface area contributed by atoms with Crippen molar-refractivity contribution in [2.24, 2.45) is 0 Å². The van der Waals surface area contributed by atoms with Gasteiger partial charge in [0.2, 0.25) is 0 Å². The SMILES string of the molecule is COc1cc(Nc2cnc(C(=O)N3CCS(=O)(=O)CC3)c3c2C2CCC3CC2)ccc1Cl.Cl. The number of fused-ring (bicyclic) bond motifs is 2. The molecule has 4 aliphatic rings. The molecule has 0 radical (unpaired) electrons. The number of nitrogens with zero attached hydrogens (tertiary/aromatic N) is 2. The zero-order valence-corrected chi connectivity index (χ0v) is 20.7. The van der Waals surface area contributed by atoms with Crippen LogP contribution in [0.4, 0.5) is 11.4 Å². The molecule has 1 aliphatic heterocycles. The van der Waals surface area contributed by atoms with Gasteiger partial charge in [-0.05, 0) is 60.8 Å². The number of ether oxygens (including phenoxy) is 1. The second-order valence-electron chi connectivity index (χ2n) is 8.81. The molecule has 1 aromatic heterocycles. The van der Waals surface area contributed by atoms with E-state index in [1.54, 1.807) is 24.3 Å². The van der Waals surface area contributed by atoms with Gasteiger partial charge in [0.1, 0.15) is 11.4 Å². The van der Waals surface area contributed by atoms with Crippen molar-refractivity contribution in [1.82, 2.24) is 9.88 Å². The highest BCUT2D eigenvalue weighted by Crippen LogP contribution is 2.53. The van der Waals surface area contributed by atoms with Crippen LogP contribution in [-0.2, 0) is 9.84 Å². The fraction of sp³-hybridized carbons (Fsp3) is 0.478. The highest BCUT2D eigenvalue weighted by Gasteiger charge is 2.39. The second kappa shape index (κ2) is 9.31. The highest BCUT2D eigenvalue weighted by molar-refractivity contribution is 7.91. The number of hydrogen-bond acceptors (Lipinski definition) is 6. The lowest BCUT2D eigenvalue weighted by atomic mass is 9.66. The zero-order chi connectivity index (χ0) is 22.5. The number of nitrogens with one attached hydrogen (secondary N) is 1. The summed E-state index contributed by atoms with van der Waals surface area (Å²) >= 11 is 6.17. The summed E-state index contributed by atoms with van der Waals surface area (Å²) in [5.74, 6) is 1.19. The van der Waals surface area contributed by atoms with E-state index in [0.29, 0.717) is 28.3 Å². The van der Waals surface area contributed by atoms with Crippen LogP contribution in [-0.4, -0.2) is 55.9 Å². The molecule has 2 aromatic rings. The minimum Gasteiger partial charge on any atom is -0.495 e. The lowest BCUT2D eigenvalue weighted by molar-refractivity contribution is 0.0761. The van der Waals surface area contributed by atoms with E-state index >= 15 is 0 Å². The number of sulfone groups is 1. The monoisotopic (exact) mass is 511 g/mol. The van der Waals surface area contributed by atoms with Crippen molar-refractivity contribution in [2.45, 2.75) is 37.5 Å². The summed E-state index contributed by atoms with van der Waals surface area (Å²) in [7, 11) is -1.47. The van der Waals surface area contributed by atoms with Crippen LogP contribution < -0.4 is 10.1 Å². The van der Waals surface area contributed by atoms with E-state index in [-0.39, 0.29) is 42.9 Å². The molecule has 6 rings (SSSR count). The summed E-state index contributed by atoms with van der Waals surface area (Å²) in [5, 5.41) is 4.01. The fourth-order valence-corrected chi connectivity index (χ4v) is 6.69. The van der Waals surface area contributed by atoms with Gasteiger partial charge < -0.3 is 15.0 Å². The number of benzene rings is 1. The molecule has 1 saturated carbocycles. The third-order valence-corrected chi connectivity index (χ3v) is 8.89. The van der Waals surface area contributed by atoms with Crippen LogP contribution in [0.2, 0.25) is 5.02 Å². The number of halogens is 2. The lowest BCUT2D eigenvalue weighted by Crippen LogP contribution is -2.44. The third-order valence-electron chi connectivity index (χ3n) is 6.97. The Kier molecular flexibility index (Phi) is 6.80. The van der Waals surface area contributed by atoms with Gasteiger partial charge in [0.05, 0.1) is 35.5 Å². The molecule has 0 unspecified atom stereocenters. The summed E-state index contributed by atoms with van der Waals surface area (Å²) < 4.78 is 28.9. The van der Waals surface area contributed by atoms with Crippen LogP contribution in [0.1, 0.15) is 59.1 Å². The van der Waals surface area contributed by atoms with Crippen molar-refractivity contribution in [2.75, 3.05) is 37.0 Å². The van der Waals surface area contributed by atoms with Gasteiger partial charge in [-0.1, -0.05) is 11.6 Å². The molecule has 1 saturated heterocycles. The smallest absolute Gasteiger partial charge is 0.272 e. The van der Waals surface area contributed by atoms with Gasteiger partial charge in [-0.25, -0.2) is 13.4 Å². The molecular weight excluding hydrogens is 485 g/mol. The van der Waals surface area contributed by atoms with Crippen molar-refractivity contribution < 1.29 is 17.9 Å². The van der Waals surface area contributed by atoms with Crippen molar-refractivity contribution >= 4 is 51.1 Å². The van der Waals surface area contributed by atoms with Gasteiger partial charge in [0, 0.05) is 24.8 Å². The molecule has 0 spiro atoms. The summed E-state index contributed by atoms with van der Waals surface area (Å²) in [6, 6.07) is 5.53. The Bertz CT molecular complexity index is 1170. The quantitative estimate of drug-likeness (QED) is 0.648. The molecule has 2 fully saturated rings. The molecular formula is C23H27Cl2N3O4S. The Labute approximate surface area is 205 Å². The molecule has 1 aromatic carbocycles. The van der Waals surface area contributed by atoms with E-state index in [9.17, 15) is 13.2 Å². The van der Waals surface area contributed by atoms with Crippen molar-refractivity contribution in [3.05, 3.63) is 46.2 Å². The van der Waals surface area contributed by atoms with Crippen LogP contribution in [0.15, 0.2) is 24.4 Å². The first-order valence-electron chi connectivity index (χ1n) is 11.0. The molecule has 2 bridgehead atoms. The average Bonchev–Trinajstić information content (AvgIpc) is 2.80. The molecule has 1 N–H and O–H groups in total. The summed E-state index contributed by atoms with van der Waals surface area (Å²) in [5.41, 5.74) is 4.49. The number of rotatable bonds is 4. The molecule has 0 atom stereocenters. The minimum absolute atomic E-state index is 0. The largest absolute Gasteiger partial charge is 0.495 e. The number of carbonyl (C=O) groups excluding carboxylic acids is 1. The number of aromatic nitrogens is 1. The lowest BCUT2D eigenvalue weighted by Gasteiger charge is -2.40. The van der Waals surface area contributed by atoms with Crippen molar-refractivity contribution in [3.8, 4) is 5.75 Å². The molecule has 3 aliphatic carbocycles. The first-order valence-corrected chi connectivity index (χ1v) is 13.2. The molecule has 178 valence electrons. The summed E-state index contributed by atoms with van der Waals surface area (Å²) in [6.07, 6.45) is 6.08. The van der Waals surface area contributed by atoms with Gasteiger partial charge in [-0.2, -0.15) is 0 Å². The third kappa shape index (κ3) is 4.53. The van der Waals surface area contributed by atoms with Gasteiger partial charge >= 0.3 is 0 Å². The van der Waals surface area contributed by atoms with Crippen LogP contribution in [0.5, 0.6) is 5.75 Å². The molecule has 2 heterocycles. The molecule has 1 amide bonds. The van der Waals surface area contributed by atoms with E-state index in [1.165, 1.54) is 5.56 Å². The number of pyridine rings is 1. The van der Waals surface area contributed by atoms with Crippen LogP contribution in [0, 0.1) is 0 Å². The van der Waals surface area contributed by atoms with E-state index in [4.69, 9.17) is 16.3 Å². The van der Waals surface area contributed by atoms with Gasteiger partial charge in [0.25, 0.3) is 5.91 Å². The van der Waals surface area contributed by atoms with Crippen molar-refractivity contribution in [1.29, 1.82) is 0 Å². The van der Waals surface area contributed by atoms with E-state index < -0.39 is 9.84 Å². The topological polar surface area (TPSA) is 88.6 Å².